The van der Waals surface area contributed by atoms with Gasteiger partial charge in [0.25, 0.3) is 5.91 Å². The number of rotatable bonds is 4. The molecular weight excluding hydrogens is 250 g/mol. The second-order valence-electron chi connectivity index (χ2n) is 3.39. The number of hydrogen-bond acceptors (Lipinski definition) is 5. The van der Waals surface area contributed by atoms with E-state index in [1.807, 2.05) is 25.2 Å². The minimum absolute atomic E-state index is 0.0233. The van der Waals surface area contributed by atoms with Crippen LogP contribution in [0.2, 0.25) is 0 Å². The van der Waals surface area contributed by atoms with Gasteiger partial charge in [0.15, 0.2) is 4.99 Å². The summed E-state index contributed by atoms with van der Waals surface area (Å²) >= 11 is 4.92. The quantitative estimate of drug-likeness (QED) is 0.646. The third-order valence-corrected chi connectivity index (χ3v) is 2.62. The molecule has 1 rings (SSSR count). The zero-order chi connectivity index (χ0) is 13.4. The van der Waals surface area contributed by atoms with E-state index in [1.54, 1.807) is 0 Å². The molecule has 0 saturated heterocycles. The molecule has 1 N–H and O–H groups in total. The minimum Gasteiger partial charge on any atom is -0.346 e. The molecule has 1 heterocycles. The normalized spacial score (nSPS) is 11.8. The Morgan fingerprint density at radius 3 is 2.89 bits per heavy atom. The Morgan fingerprint density at radius 2 is 2.33 bits per heavy atom. The Kier molecular flexibility index (Phi) is 5.86. The topological polar surface area (TPSA) is 72.7 Å². The van der Waals surface area contributed by atoms with Crippen molar-refractivity contribution >= 4 is 23.1 Å². The third kappa shape index (κ3) is 4.17. The van der Waals surface area contributed by atoms with Gasteiger partial charge >= 0.3 is 0 Å². The summed E-state index contributed by atoms with van der Waals surface area (Å²) in [5.74, 6) is -0.375. The van der Waals surface area contributed by atoms with Crippen LogP contribution in [0, 0.1) is 0 Å². The maximum absolute atomic E-state index is 11.6. The lowest BCUT2D eigenvalue weighted by Gasteiger charge is -2.02. The van der Waals surface area contributed by atoms with Crippen LogP contribution < -0.4 is 5.32 Å². The Labute approximate surface area is 111 Å². The van der Waals surface area contributed by atoms with Crippen molar-refractivity contribution < 1.29 is 4.79 Å². The van der Waals surface area contributed by atoms with Gasteiger partial charge in [-0.2, -0.15) is 4.68 Å². The number of tetrazole rings is 1. The highest BCUT2D eigenvalue weighted by molar-refractivity contribution is 7.82. The molecule has 0 radical (unpaired) electrons. The maximum Gasteiger partial charge on any atom is 0.281 e. The van der Waals surface area contributed by atoms with Gasteiger partial charge in [0, 0.05) is 6.54 Å². The first-order valence-electron chi connectivity index (χ1n) is 5.56. The van der Waals surface area contributed by atoms with E-state index in [0.717, 1.165) is 11.1 Å². The van der Waals surface area contributed by atoms with Gasteiger partial charge in [0.05, 0.1) is 0 Å². The Hall–Kier alpha value is -1.89. The largest absolute Gasteiger partial charge is 0.346 e. The predicted octanol–water partition coefficient (Wildman–Crippen LogP) is 0.877. The van der Waals surface area contributed by atoms with Crippen LogP contribution in [-0.2, 0) is 4.79 Å². The molecule has 0 atom stereocenters. The van der Waals surface area contributed by atoms with Gasteiger partial charge in [-0.25, -0.2) is 0 Å². The number of aromatic nitrogens is 4. The van der Waals surface area contributed by atoms with Crippen molar-refractivity contribution in [2.45, 2.75) is 20.3 Å². The molecular formula is C11H15N5OS. The van der Waals surface area contributed by atoms with Crippen LogP contribution in [0.25, 0.3) is 0 Å². The van der Waals surface area contributed by atoms with Gasteiger partial charge in [-0.3, -0.25) is 4.79 Å². The molecule has 0 aliphatic heterocycles. The summed E-state index contributed by atoms with van der Waals surface area (Å²) in [5.41, 5.74) is 1.22. The number of nitrogens with one attached hydrogen (secondary N) is 1. The lowest BCUT2D eigenvalue weighted by molar-refractivity contribution is -0.114. The lowest BCUT2D eigenvalue weighted by atomic mass is 10.2. The molecule has 7 heteroatoms. The van der Waals surface area contributed by atoms with Gasteiger partial charge < -0.3 is 5.32 Å². The molecule has 0 fully saturated rings. The summed E-state index contributed by atoms with van der Waals surface area (Å²) in [6.45, 7) is 4.47. The van der Waals surface area contributed by atoms with E-state index in [2.05, 4.69) is 27.8 Å². The molecule has 18 heavy (non-hydrogen) atoms. The van der Waals surface area contributed by atoms with E-state index in [4.69, 9.17) is 12.2 Å². The average Bonchev–Trinajstić information content (AvgIpc) is 2.91. The van der Waals surface area contributed by atoms with Crippen LogP contribution in [0.15, 0.2) is 30.1 Å². The highest BCUT2D eigenvalue weighted by Crippen LogP contribution is 2.00. The molecule has 0 spiro atoms. The monoisotopic (exact) mass is 265 g/mol. The van der Waals surface area contributed by atoms with Crippen LogP contribution in [-0.4, -0.2) is 37.6 Å². The van der Waals surface area contributed by atoms with Crippen LogP contribution in [0.5, 0.6) is 0 Å². The molecule has 0 bridgehead atoms. The predicted molar refractivity (Wildman–Crippen MR) is 72.0 cm³/mol. The van der Waals surface area contributed by atoms with Crippen molar-refractivity contribution in [3.8, 4) is 0 Å². The van der Waals surface area contributed by atoms with E-state index in [0.29, 0.717) is 6.54 Å². The smallest absolute Gasteiger partial charge is 0.281 e. The van der Waals surface area contributed by atoms with Crippen molar-refractivity contribution in [2.24, 2.45) is 0 Å². The minimum atomic E-state index is -0.375. The van der Waals surface area contributed by atoms with Crippen LogP contribution in [0.4, 0.5) is 0 Å². The molecule has 0 unspecified atom stereocenters. The molecule has 1 amide bonds. The first-order valence-corrected chi connectivity index (χ1v) is 5.97. The summed E-state index contributed by atoms with van der Waals surface area (Å²) < 4.78 is 1.15. The molecule has 0 aromatic carbocycles. The third-order valence-electron chi connectivity index (χ3n) is 2.24. The fourth-order valence-electron chi connectivity index (χ4n) is 1.21. The fourth-order valence-corrected chi connectivity index (χ4v) is 1.37. The zero-order valence-electron chi connectivity index (χ0n) is 10.3. The van der Waals surface area contributed by atoms with Crippen LogP contribution in [0.1, 0.15) is 20.3 Å². The van der Waals surface area contributed by atoms with Crippen LogP contribution >= 0.6 is 12.2 Å². The lowest BCUT2D eigenvalue weighted by Crippen LogP contribution is -2.34. The first-order chi connectivity index (χ1) is 8.69. The first kappa shape index (κ1) is 14.2. The second-order valence-corrected chi connectivity index (χ2v) is 3.78. The van der Waals surface area contributed by atoms with E-state index in [-0.39, 0.29) is 10.9 Å². The van der Waals surface area contributed by atoms with Crippen molar-refractivity contribution in [3.63, 3.8) is 0 Å². The Morgan fingerprint density at radius 1 is 1.56 bits per heavy atom. The highest BCUT2D eigenvalue weighted by Gasteiger charge is 2.10. The van der Waals surface area contributed by atoms with Crippen molar-refractivity contribution in [1.29, 1.82) is 0 Å². The van der Waals surface area contributed by atoms with Gasteiger partial charge in [0.2, 0.25) is 0 Å². The Bertz CT molecular complexity index is 464. The standard InChI is InChI=1S/C11H15N5OS/c1-3-9(4-2)6-5-7-12-10(17)11(18)16-8-13-14-15-16/h3,5-6,8H,4,7H2,1-2H3,(H,12,17)/b6-5-,9-3+. The zero-order valence-corrected chi connectivity index (χ0v) is 11.1. The Balaban J connectivity index is 2.41. The van der Waals surface area contributed by atoms with Gasteiger partial charge in [0.1, 0.15) is 6.33 Å². The SMILES string of the molecule is C/C=C(/C=C\CNC(=O)C(=S)n1cnnn1)CC. The molecule has 96 valence electrons. The van der Waals surface area contributed by atoms with Crippen molar-refractivity contribution in [3.05, 3.63) is 30.1 Å². The number of carbonyl (C=O) groups excluding carboxylic acids is 1. The number of amides is 1. The number of carbonyl (C=O) groups is 1. The summed E-state index contributed by atoms with van der Waals surface area (Å²) in [5, 5.41) is 13.0. The number of thiocarbonyl (C=S) groups is 1. The molecule has 0 saturated carbocycles. The molecule has 1 aromatic heterocycles. The number of allylic oxidation sites excluding steroid dienone is 3. The maximum atomic E-state index is 11.6. The second kappa shape index (κ2) is 7.44. The van der Waals surface area contributed by atoms with E-state index >= 15 is 0 Å². The number of nitrogens with zero attached hydrogens (tertiary/aromatic N) is 4. The average molecular weight is 265 g/mol. The van der Waals surface area contributed by atoms with Crippen molar-refractivity contribution in [2.75, 3.05) is 6.54 Å². The van der Waals surface area contributed by atoms with Gasteiger partial charge in [-0.15, -0.1) is 5.10 Å². The number of hydrogen-bond donors (Lipinski definition) is 1. The van der Waals surface area contributed by atoms with E-state index in [9.17, 15) is 4.79 Å². The van der Waals surface area contributed by atoms with Gasteiger partial charge in [-0.1, -0.05) is 42.9 Å². The summed E-state index contributed by atoms with van der Waals surface area (Å²) in [6, 6.07) is 0. The van der Waals surface area contributed by atoms with Crippen molar-refractivity contribution in [1.82, 2.24) is 25.5 Å². The highest BCUT2D eigenvalue weighted by atomic mass is 32.1. The van der Waals surface area contributed by atoms with E-state index in [1.165, 1.54) is 11.9 Å². The summed E-state index contributed by atoms with van der Waals surface area (Å²) in [4.78, 5) is 11.6. The molecule has 6 nitrogen and oxygen atoms in total. The molecule has 0 aliphatic carbocycles. The molecule has 1 aromatic rings. The summed E-state index contributed by atoms with van der Waals surface area (Å²) in [6.07, 6.45) is 8.13. The summed E-state index contributed by atoms with van der Waals surface area (Å²) in [7, 11) is 0. The molecule has 0 aliphatic rings. The van der Waals surface area contributed by atoms with Crippen LogP contribution in [0.3, 0.4) is 0 Å². The van der Waals surface area contributed by atoms with E-state index < -0.39 is 0 Å². The van der Waals surface area contributed by atoms with Gasteiger partial charge in [-0.05, 0) is 23.8 Å². The fraction of sp³-hybridized carbons (Fsp3) is 0.364.